The third-order valence-corrected chi connectivity index (χ3v) is 3.79. The number of benzene rings is 2. The number of hydrogen-bond acceptors (Lipinski definition) is 6. The highest BCUT2D eigenvalue weighted by atomic mass is 79.9. The average Bonchev–Trinajstić information content (AvgIpc) is 2.64. The van der Waals surface area contributed by atoms with Crippen LogP contribution in [-0.4, -0.2) is 37.6 Å². The molecule has 0 aromatic heterocycles. The van der Waals surface area contributed by atoms with E-state index in [0.717, 1.165) is 0 Å². The van der Waals surface area contributed by atoms with E-state index in [1.165, 1.54) is 13.3 Å². The number of nitrogens with one attached hydrogen (secondary N) is 1. The van der Waals surface area contributed by atoms with Gasteiger partial charge in [0.1, 0.15) is 0 Å². The quantitative estimate of drug-likeness (QED) is 0.503. The molecule has 0 spiro atoms. The van der Waals surface area contributed by atoms with E-state index in [1.807, 2.05) is 13.0 Å². The number of methoxy groups -OCH3 is 1. The summed E-state index contributed by atoms with van der Waals surface area (Å²) in [6.07, 6.45) is 1.43. The van der Waals surface area contributed by atoms with Gasteiger partial charge in [0, 0.05) is 0 Å². The minimum absolute atomic E-state index is 0.00458. The second-order valence-electron chi connectivity index (χ2n) is 5.02. The van der Waals surface area contributed by atoms with Crippen LogP contribution in [0.5, 0.6) is 23.0 Å². The highest BCUT2D eigenvalue weighted by Gasteiger charge is 2.08. The van der Waals surface area contributed by atoms with E-state index >= 15 is 0 Å². The number of halogens is 1. The normalized spacial score (nSPS) is 10.6. The summed E-state index contributed by atoms with van der Waals surface area (Å²) >= 11 is 3.22. The van der Waals surface area contributed by atoms with Crippen molar-refractivity contribution in [2.24, 2.45) is 5.10 Å². The molecule has 0 saturated carbocycles. The number of hydrazone groups is 1. The molecule has 2 N–H and O–H groups in total. The zero-order valence-electron chi connectivity index (χ0n) is 14.4. The molecule has 0 radical (unpaired) electrons. The number of amides is 1. The molecule has 0 atom stereocenters. The summed E-state index contributed by atoms with van der Waals surface area (Å²) in [5.41, 5.74) is 3.00. The fourth-order valence-corrected chi connectivity index (χ4v) is 2.48. The number of nitrogens with zero attached hydrogens (tertiary/aromatic N) is 1. The van der Waals surface area contributed by atoms with E-state index in [2.05, 4.69) is 26.5 Å². The molecule has 0 heterocycles. The zero-order valence-corrected chi connectivity index (χ0v) is 15.9. The number of aromatic hydroxyl groups is 1. The van der Waals surface area contributed by atoms with Crippen LogP contribution in [0.4, 0.5) is 0 Å². The third-order valence-electron chi connectivity index (χ3n) is 3.18. The maximum Gasteiger partial charge on any atom is 0.277 e. The molecule has 138 valence electrons. The van der Waals surface area contributed by atoms with Crippen LogP contribution in [-0.2, 0) is 4.79 Å². The van der Waals surface area contributed by atoms with Crippen LogP contribution in [0.25, 0.3) is 0 Å². The van der Waals surface area contributed by atoms with Gasteiger partial charge in [0.25, 0.3) is 5.91 Å². The molecule has 0 unspecified atom stereocenters. The number of para-hydroxylation sites is 2. The summed E-state index contributed by atoms with van der Waals surface area (Å²) in [7, 11) is 1.45. The molecule has 26 heavy (non-hydrogen) atoms. The predicted octanol–water partition coefficient (Wildman–Crippen LogP) is 3.09. The summed E-state index contributed by atoms with van der Waals surface area (Å²) in [4.78, 5) is 11.9. The summed E-state index contributed by atoms with van der Waals surface area (Å²) < 4.78 is 16.4. The lowest BCUT2D eigenvalue weighted by Crippen LogP contribution is -2.24. The Morgan fingerprint density at radius 3 is 2.58 bits per heavy atom. The van der Waals surface area contributed by atoms with Gasteiger partial charge in [-0.25, -0.2) is 5.43 Å². The van der Waals surface area contributed by atoms with Crippen molar-refractivity contribution in [2.75, 3.05) is 20.3 Å². The number of carbonyl (C=O) groups is 1. The monoisotopic (exact) mass is 422 g/mol. The smallest absolute Gasteiger partial charge is 0.277 e. The first-order valence-electron chi connectivity index (χ1n) is 7.78. The van der Waals surface area contributed by atoms with Crippen LogP contribution in [0, 0.1) is 0 Å². The minimum atomic E-state index is -0.419. The van der Waals surface area contributed by atoms with Gasteiger partial charge in [0.2, 0.25) is 0 Å². The van der Waals surface area contributed by atoms with Crippen molar-refractivity contribution >= 4 is 28.1 Å². The van der Waals surface area contributed by atoms with Gasteiger partial charge in [0.05, 0.1) is 24.4 Å². The van der Waals surface area contributed by atoms with Gasteiger partial charge >= 0.3 is 0 Å². The van der Waals surface area contributed by atoms with Crippen molar-refractivity contribution in [1.82, 2.24) is 5.43 Å². The largest absolute Gasteiger partial charge is 0.503 e. The molecule has 1 amide bonds. The lowest BCUT2D eigenvalue weighted by molar-refractivity contribution is -0.123. The second-order valence-corrected chi connectivity index (χ2v) is 5.87. The Morgan fingerprint density at radius 1 is 1.23 bits per heavy atom. The van der Waals surface area contributed by atoms with Crippen molar-refractivity contribution in [3.63, 3.8) is 0 Å². The lowest BCUT2D eigenvalue weighted by atomic mass is 10.2. The number of rotatable bonds is 8. The van der Waals surface area contributed by atoms with Gasteiger partial charge in [-0.1, -0.05) is 12.1 Å². The molecule has 0 bridgehead atoms. The summed E-state index contributed by atoms with van der Waals surface area (Å²) in [5, 5.41) is 13.6. The molecule has 0 aliphatic heterocycles. The van der Waals surface area contributed by atoms with Crippen LogP contribution in [0.1, 0.15) is 12.5 Å². The summed E-state index contributed by atoms with van der Waals surface area (Å²) in [6, 6.07) is 10.3. The highest BCUT2D eigenvalue weighted by molar-refractivity contribution is 9.10. The maximum atomic E-state index is 11.9. The van der Waals surface area contributed by atoms with Crippen LogP contribution < -0.4 is 19.6 Å². The number of hydrogen-bond donors (Lipinski definition) is 2. The Bertz CT molecular complexity index is 795. The fraction of sp³-hybridized carbons (Fsp3) is 0.222. The molecule has 0 aliphatic carbocycles. The van der Waals surface area contributed by atoms with E-state index in [9.17, 15) is 9.90 Å². The molecule has 2 aromatic rings. The van der Waals surface area contributed by atoms with Gasteiger partial charge in [-0.05, 0) is 52.7 Å². The molecule has 0 saturated heterocycles. The van der Waals surface area contributed by atoms with Crippen molar-refractivity contribution < 1.29 is 24.1 Å². The van der Waals surface area contributed by atoms with E-state index in [0.29, 0.717) is 33.9 Å². The highest BCUT2D eigenvalue weighted by Crippen LogP contribution is 2.34. The standard InChI is InChI=1S/C18H19BrN2O5/c1-3-25-14-6-4-5-7-15(14)26-11-17(22)21-20-10-12-8-13(19)18(23)16(9-12)24-2/h4-10,23H,3,11H2,1-2H3,(H,21,22)/b20-10+. The topological polar surface area (TPSA) is 89.4 Å². The van der Waals surface area contributed by atoms with E-state index < -0.39 is 5.91 Å². The average molecular weight is 423 g/mol. The Balaban J connectivity index is 1.91. The van der Waals surface area contributed by atoms with Gasteiger partial charge in [-0.3, -0.25) is 4.79 Å². The Labute approximate surface area is 159 Å². The molecular weight excluding hydrogens is 404 g/mol. The zero-order chi connectivity index (χ0) is 18.9. The van der Waals surface area contributed by atoms with Crippen LogP contribution in [0.2, 0.25) is 0 Å². The SMILES string of the molecule is CCOc1ccccc1OCC(=O)N/N=C/c1cc(Br)c(O)c(OC)c1. The third kappa shape index (κ3) is 5.38. The number of carbonyl (C=O) groups excluding carboxylic acids is 1. The van der Waals surface area contributed by atoms with Gasteiger partial charge in [-0.15, -0.1) is 0 Å². The van der Waals surface area contributed by atoms with Gasteiger partial charge in [-0.2, -0.15) is 5.10 Å². The van der Waals surface area contributed by atoms with Gasteiger partial charge in [0.15, 0.2) is 29.6 Å². The van der Waals surface area contributed by atoms with E-state index in [4.69, 9.17) is 14.2 Å². The molecule has 0 fully saturated rings. The predicted molar refractivity (Wildman–Crippen MR) is 101 cm³/mol. The van der Waals surface area contributed by atoms with Crippen LogP contribution in [0.3, 0.4) is 0 Å². The minimum Gasteiger partial charge on any atom is -0.503 e. The second kappa shape index (κ2) is 9.67. The van der Waals surface area contributed by atoms with Crippen molar-refractivity contribution in [3.8, 4) is 23.0 Å². The number of phenols is 1. The molecule has 0 aliphatic rings. The van der Waals surface area contributed by atoms with Crippen molar-refractivity contribution in [1.29, 1.82) is 0 Å². The fourth-order valence-electron chi connectivity index (χ4n) is 2.02. The molecule has 8 heteroatoms. The maximum absolute atomic E-state index is 11.9. The van der Waals surface area contributed by atoms with Crippen molar-refractivity contribution in [3.05, 3.63) is 46.4 Å². The Kier molecular flexibility index (Phi) is 7.28. The number of ether oxygens (including phenoxy) is 3. The molecular formula is C18H19BrN2O5. The lowest BCUT2D eigenvalue weighted by Gasteiger charge is -2.10. The first-order chi connectivity index (χ1) is 12.5. The number of phenolic OH excluding ortho intramolecular Hbond substituents is 1. The van der Waals surface area contributed by atoms with Crippen LogP contribution >= 0.6 is 15.9 Å². The molecule has 2 rings (SSSR count). The van der Waals surface area contributed by atoms with E-state index in [1.54, 1.807) is 30.3 Å². The molecule has 2 aromatic carbocycles. The Morgan fingerprint density at radius 2 is 1.92 bits per heavy atom. The Hall–Kier alpha value is -2.74. The van der Waals surface area contributed by atoms with Crippen LogP contribution in [0.15, 0.2) is 46.0 Å². The molecule has 7 nitrogen and oxygen atoms in total. The first-order valence-corrected chi connectivity index (χ1v) is 8.57. The first kappa shape index (κ1) is 19.6. The van der Waals surface area contributed by atoms with Crippen molar-refractivity contribution in [2.45, 2.75) is 6.92 Å². The van der Waals surface area contributed by atoms with E-state index in [-0.39, 0.29) is 12.4 Å². The van der Waals surface area contributed by atoms with Gasteiger partial charge < -0.3 is 19.3 Å². The summed E-state index contributed by atoms with van der Waals surface area (Å²) in [6.45, 7) is 2.17. The summed E-state index contributed by atoms with van der Waals surface area (Å²) in [5.74, 6) is 0.934.